The number of hydrogen-bond acceptors (Lipinski definition) is 1. The highest BCUT2D eigenvalue weighted by atomic mass is 16.1. The summed E-state index contributed by atoms with van der Waals surface area (Å²) < 4.78 is 0. The van der Waals surface area contributed by atoms with Gasteiger partial charge in [0.15, 0.2) is 0 Å². The third kappa shape index (κ3) is 0.819. The summed E-state index contributed by atoms with van der Waals surface area (Å²) in [6, 6.07) is 0. The van der Waals surface area contributed by atoms with E-state index in [9.17, 15) is 4.79 Å². The lowest BCUT2D eigenvalue weighted by Gasteiger charge is -2.18. The molecule has 0 heterocycles. The average molecular weight is 136 g/mol. The third-order valence-corrected chi connectivity index (χ3v) is 2.99. The van der Waals surface area contributed by atoms with Gasteiger partial charge in [0.2, 0.25) is 0 Å². The van der Waals surface area contributed by atoms with E-state index >= 15 is 0 Å². The maximum absolute atomic E-state index is 10.4. The fourth-order valence-corrected chi connectivity index (χ4v) is 2.35. The highest BCUT2D eigenvalue weighted by Gasteiger charge is 2.32. The molecule has 54 valence electrons. The summed E-state index contributed by atoms with van der Waals surface area (Å²) in [5, 5.41) is 0. The highest BCUT2D eigenvalue weighted by Crippen LogP contribution is 2.43. The molecule has 0 amide bonds. The van der Waals surface area contributed by atoms with Crippen LogP contribution in [0.2, 0.25) is 0 Å². The van der Waals surface area contributed by atoms with E-state index in [1.807, 2.05) is 0 Å². The standard InChI is InChI=1S/C9H12O/c10-6-9-4-2-7-1-3-8(9)5-7/h7-8H,1-5H2. The molecule has 0 N–H and O–H groups in total. The van der Waals surface area contributed by atoms with E-state index in [1.54, 1.807) is 0 Å². The van der Waals surface area contributed by atoms with Crippen molar-refractivity contribution in [2.45, 2.75) is 32.1 Å². The van der Waals surface area contributed by atoms with E-state index in [0.29, 0.717) is 5.92 Å². The van der Waals surface area contributed by atoms with Gasteiger partial charge in [-0.2, -0.15) is 0 Å². The number of hydrogen-bond donors (Lipinski definition) is 0. The van der Waals surface area contributed by atoms with E-state index in [-0.39, 0.29) is 0 Å². The van der Waals surface area contributed by atoms with E-state index in [4.69, 9.17) is 0 Å². The van der Waals surface area contributed by atoms with Crippen molar-refractivity contribution in [1.82, 2.24) is 0 Å². The Morgan fingerprint density at radius 3 is 3.00 bits per heavy atom. The smallest absolute Gasteiger partial charge is 0.123 e. The summed E-state index contributed by atoms with van der Waals surface area (Å²) in [7, 11) is 0. The van der Waals surface area contributed by atoms with Gasteiger partial charge >= 0.3 is 0 Å². The first-order valence-corrected chi connectivity index (χ1v) is 4.14. The van der Waals surface area contributed by atoms with Crippen LogP contribution in [0.1, 0.15) is 32.1 Å². The highest BCUT2D eigenvalue weighted by molar-refractivity contribution is 5.54. The van der Waals surface area contributed by atoms with Gasteiger partial charge in [0.1, 0.15) is 5.94 Å². The summed E-state index contributed by atoms with van der Waals surface area (Å²) in [5.74, 6) is 3.68. The van der Waals surface area contributed by atoms with Crippen molar-refractivity contribution in [3.05, 3.63) is 5.57 Å². The van der Waals surface area contributed by atoms with Gasteiger partial charge in [-0.05, 0) is 43.9 Å². The molecular formula is C9H12O. The van der Waals surface area contributed by atoms with Crippen LogP contribution in [0.3, 0.4) is 0 Å². The maximum atomic E-state index is 10.4. The Morgan fingerprint density at radius 1 is 1.30 bits per heavy atom. The van der Waals surface area contributed by atoms with Gasteiger partial charge in [0, 0.05) is 5.57 Å². The molecule has 2 saturated carbocycles. The molecule has 0 aliphatic heterocycles. The topological polar surface area (TPSA) is 17.1 Å². The molecule has 0 aromatic heterocycles. The van der Waals surface area contributed by atoms with Crippen LogP contribution in [0.25, 0.3) is 0 Å². The first-order valence-electron chi connectivity index (χ1n) is 4.14. The largest absolute Gasteiger partial charge is 0.234 e. The van der Waals surface area contributed by atoms with Crippen molar-refractivity contribution >= 4 is 5.94 Å². The SMILES string of the molecule is O=C=C1CCC2CCC1C2. The summed E-state index contributed by atoms with van der Waals surface area (Å²) >= 11 is 0. The van der Waals surface area contributed by atoms with Crippen LogP contribution in [-0.2, 0) is 4.79 Å². The Morgan fingerprint density at radius 2 is 2.20 bits per heavy atom. The van der Waals surface area contributed by atoms with Crippen LogP contribution in [0.15, 0.2) is 5.57 Å². The molecule has 2 rings (SSSR count). The van der Waals surface area contributed by atoms with E-state index in [1.165, 1.54) is 25.7 Å². The lowest BCUT2D eigenvalue weighted by molar-refractivity contribution is 0.433. The van der Waals surface area contributed by atoms with Gasteiger partial charge in [0.05, 0.1) is 0 Å². The molecular weight excluding hydrogens is 124 g/mol. The molecule has 0 spiro atoms. The number of allylic oxidation sites excluding steroid dienone is 1. The van der Waals surface area contributed by atoms with Crippen LogP contribution in [0, 0.1) is 11.8 Å². The summed E-state index contributed by atoms with van der Waals surface area (Å²) in [6.07, 6.45) is 6.19. The van der Waals surface area contributed by atoms with Gasteiger partial charge in [-0.25, -0.2) is 4.79 Å². The second kappa shape index (κ2) is 2.25. The molecule has 2 bridgehead atoms. The summed E-state index contributed by atoms with van der Waals surface area (Å²) in [4.78, 5) is 10.4. The van der Waals surface area contributed by atoms with Gasteiger partial charge < -0.3 is 0 Å². The molecule has 0 radical (unpaired) electrons. The van der Waals surface area contributed by atoms with Crippen molar-refractivity contribution in [1.29, 1.82) is 0 Å². The lowest BCUT2D eigenvalue weighted by Crippen LogP contribution is -2.08. The van der Waals surface area contributed by atoms with Crippen LogP contribution < -0.4 is 0 Å². The minimum Gasteiger partial charge on any atom is -0.234 e. The molecule has 2 aliphatic carbocycles. The zero-order valence-electron chi connectivity index (χ0n) is 6.10. The minimum atomic E-state index is 0.635. The molecule has 0 saturated heterocycles. The van der Waals surface area contributed by atoms with Crippen molar-refractivity contribution in [2.75, 3.05) is 0 Å². The van der Waals surface area contributed by atoms with Crippen molar-refractivity contribution in [3.8, 4) is 0 Å². The Balaban J connectivity index is 2.21. The molecule has 0 aromatic carbocycles. The lowest BCUT2D eigenvalue weighted by atomic mass is 9.86. The van der Waals surface area contributed by atoms with Crippen LogP contribution in [-0.4, -0.2) is 5.94 Å². The molecule has 1 heteroatoms. The predicted octanol–water partition coefficient (Wildman–Crippen LogP) is 1.95. The van der Waals surface area contributed by atoms with Crippen LogP contribution in [0.4, 0.5) is 0 Å². The number of rotatable bonds is 0. The molecule has 2 fully saturated rings. The Labute approximate surface area is 61.1 Å². The zero-order valence-corrected chi connectivity index (χ0v) is 6.10. The normalized spacial score (nSPS) is 37.8. The fraction of sp³-hybridized carbons (Fsp3) is 0.778. The number of carbonyl (C=O) groups excluding carboxylic acids is 1. The summed E-state index contributed by atoms with van der Waals surface area (Å²) in [5.41, 5.74) is 1.08. The quantitative estimate of drug-likeness (QED) is 0.465. The van der Waals surface area contributed by atoms with Crippen LogP contribution in [0.5, 0.6) is 0 Å². The van der Waals surface area contributed by atoms with Crippen molar-refractivity contribution in [3.63, 3.8) is 0 Å². The Hall–Kier alpha value is -0.550. The monoisotopic (exact) mass is 136 g/mol. The Kier molecular flexibility index (Phi) is 1.39. The fourth-order valence-electron chi connectivity index (χ4n) is 2.35. The molecule has 0 aromatic rings. The Bertz CT molecular complexity index is 189. The number of fused-ring (bicyclic) bond motifs is 2. The second-order valence-electron chi connectivity index (χ2n) is 3.54. The maximum Gasteiger partial charge on any atom is 0.123 e. The first kappa shape index (κ1) is 6.18. The van der Waals surface area contributed by atoms with Gasteiger partial charge in [0.25, 0.3) is 0 Å². The molecule has 1 nitrogen and oxygen atoms in total. The predicted molar refractivity (Wildman–Crippen MR) is 39.3 cm³/mol. The van der Waals surface area contributed by atoms with Gasteiger partial charge in [-0.15, -0.1) is 0 Å². The van der Waals surface area contributed by atoms with Crippen molar-refractivity contribution in [2.24, 2.45) is 11.8 Å². The second-order valence-corrected chi connectivity index (χ2v) is 3.54. The average Bonchev–Trinajstić information content (AvgIpc) is 2.34. The van der Waals surface area contributed by atoms with Crippen molar-refractivity contribution < 1.29 is 4.79 Å². The molecule has 2 aliphatic rings. The molecule has 2 unspecified atom stereocenters. The summed E-state index contributed by atoms with van der Waals surface area (Å²) in [6.45, 7) is 0. The van der Waals surface area contributed by atoms with Gasteiger partial charge in [-0.1, -0.05) is 0 Å². The van der Waals surface area contributed by atoms with E-state index in [0.717, 1.165) is 17.9 Å². The van der Waals surface area contributed by atoms with E-state index in [2.05, 4.69) is 5.94 Å². The third-order valence-electron chi connectivity index (χ3n) is 2.99. The van der Waals surface area contributed by atoms with E-state index < -0.39 is 0 Å². The molecule has 10 heavy (non-hydrogen) atoms. The van der Waals surface area contributed by atoms with Crippen LogP contribution >= 0.6 is 0 Å². The minimum absolute atomic E-state index is 0.635. The first-order chi connectivity index (χ1) is 4.90. The zero-order chi connectivity index (χ0) is 6.97. The van der Waals surface area contributed by atoms with Gasteiger partial charge in [-0.3, -0.25) is 0 Å². The molecule has 2 atom stereocenters.